The van der Waals surface area contributed by atoms with Crippen molar-refractivity contribution in [3.8, 4) is 17.2 Å². The number of aryl methyl sites for hydroxylation is 1. The second kappa shape index (κ2) is 11.3. The quantitative estimate of drug-likeness (QED) is 0.425. The van der Waals surface area contributed by atoms with Crippen LogP contribution < -0.4 is 14.2 Å². The van der Waals surface area contributed by atoms with Gasteiger partial charge in [-0.1, -0.05) is 0 Å². The van der Waals surface area contributed by atoms with Gasteiger partial charge in [0, 0.05) is 36.7 Å². The van der Waals surface area contributed by atoms with Crippen LogP contribution in [0.15, 0.2) is 36.5 Å². The molecule has 1 fully saturated rings. The summed E-state index contributed by atoms with van der Waals surface area (Å²) in [5.41, 5.74) is 3.65. The second-order valence-electron chi connectivity index (χ2n) is 9.58. The van der Waals surface area contributed by atoms with Crippen LogP contribution in [-0.2, 0) is 17.6 Å². The predicted molar refractivity (Wildman–Crippen MR) is 138 cm³/mol. The van der Waals surface area contributed by atoms with Crippen molar-refractivity contribution in [1.29, 1.82) is 0 Å². The third kappa shape index (κ3) is 5.88. The molecule has 39 heavy (non-hydrogen) atoms. The van der Waals surface area contributed by atoms with Crippen LogP contribution in [-0.4, -0.2) is 73.7 Å². The fourth-order valence-corrected chi connectivity index (χ4v) is 5.47. The Morgan fingerprint density at radius 3 is 2.64 bits per heavy atom. The van der Waals surface area contributed by atoms with Crippen LogP contribution in [0.2, 0.25) is 0 Å². The lowest BCUT2D eigenvalue weighted by atomic mass is 9.88. The van der Waals surface area contributed by atoms with E-state index in [1.54, 1.807) is 19.4 Å². The van der Waals surface area contributed by atoms with Gasteiger partial charge in [0.25, 0.3) is 0 Å². The minimum Gasteiger partial charge on any atom is -0.493 e. The van der Waals surface area contributed by atoms with E-state index >= 15 is 0 Å². The Kier molecular flexibility index (Phi) is 7.79. The molecule has 0 saturated carbocycles. The van der Waals surface area contributed by atoms with Gasteiger partial charge in [-0.15, -0.1) is 13.2 Å². The summed E-state index contributed by atoms with van der Waals surface area (Å²) in [6.45, 7) is 4.99. The minimum atomic E-state index is -4.77. The number of urea groups is 1. The van der Waals surface area contributed by atoms with Gasteiger partial charge in [-0.3, -0.25) is 0 Å². The van der Waals surface area contributed by atoms with E-state index in [-0.39, 0.29) is 17.8 Å². The molecule has 1 atom stereocenters. The lowest BCUT2D eigenvalue weighted by Crippen LogP contribution is -2.51. The van der Waals surface area contributed by atoms with Crippen LogP contribution in [0.5, 0.6) is 17.2 Å². The Morgan fingerprint density at radius 2 is 1.92 bits per heavy atom. The molecule has 2 aliphatic rings. The summed E-state index contributed by atoms with van der Waals surface area (Å²) >= 11 is 0. The maximum Gasteiger partial charge on any atom is 0.573 e. The largest absolute Gasteiger partial charge is 0.573 e. The number of H-pyrrole nitrogens is 1. The molecule has 2 aliphatic heterocycles. The van der Waals surface area contributed by atoms with E-state index in [0.29, 0.717) is 81.1 Å². The van der Waals surface area contributed by atoms with Gasteiger partial charge in [0.15, 0.2) is 11.5 Å². The summed E-state index contributed by atoms with van der Waals surface area (Å²) in [6.07, 6.45) is -1.19. The number of methoxy groups -OCH3 is 1. The molecule has 0 aliphatic carbocycles. The Morgan fingerprint density at radius 1 is 1.13 bits per heavy atom. The lowest BCUT2D eigenvalue weighted by molar-refractivity contribution is -0.274. The fourth-order valence-electron chi connectivity index (χ4n) is 5.47. The zero-order valence-corrected chi connectivity index (χ0v) is 22.0. The standard InChI is InChI=1S/C28H32F3N3O5/c1-3-38-26-16-22-18(14-25(26)36-2)8-9-34(27(35)33-10-12-37-13-11-33)24(22)7-4-19-17-32-23-6-5-20(15-21(19)23)39-28(29,30)31/h5-6,14-17,24,32H,3-4,7-13H2,1-2H3. The zero-order chi connectivity index (χ0) is 27.6. The number of halogens is 3. The van der Waals surface area contributed by atoms with Crippen molar-refractivity contribution in [2.45, 2.75) is 38.6 Å². The van der Waals surface area contributed by atoms with Crippen molar-refractivity contribution in [3.63, 3.8) is 0 Å². The first-order valence-corrected chi connectivity index (χ1v) is 13.1. The van der Waals surface area contributed by atoms with E-state index in [9.17, 15) is 18.0 Å². The van der Waals surface area contributed by atoms with Gasteiger partial charge in [0.2, 0.25) is 0 Å². The van der Waals surface area contributed by atoms with Gasteiger partial charge in [-0.2, -0.15) is 0 Å². The Hall–Kier alpha value is -3.60. The van der Waals surface area contributed by atoms with Crippen molar-refractivity contribution >= 4 is 16.9 Å². The number of hydrogen-bond acceptors (Lipinski definition) is 5. The molecular weight excluding hydrogens is 515 g/mol. The Labute approximate surface area is 224 Å². The van der Waals surface area contributed by atoms with E-state index in [0.717, 1.165) is 16.7 Å². The van der Waals surface area contributed by atoms with Crippen molar-refractivity contribution in [3.05, 3.63) is 53.2 Å². The maximum atomic E-state index is 13.7. The number of rotatable bonds is 7. The summed E-state index contributed by atoms with van der Waals surface area (Å²) in [5.74, 6) is 0.998. The number of nitrogens with one attached hydrogen (secondary N) is 1. The van der Waals surface area contributed by atoms with Crippen LogP contribution in [0, 0.1) is 0 Å². The number of ether oxygens (including phenoxy) is 4. The molecule has 1 saturated heterocycles. The topological polar surface area (TPSA) is 76.3 Å². The summed E-state index contributed by atoms with van der Waals surface area (Å²) in [7, 11) is 1.60. The molecule has 11 heteroatoms. The van der Waals surface area contributed by atoms with Gasteiger partial charge >= 0.3 is 12.4 Å². The monoisotopic (exact) mass is 547 g/mol. The van der Waals surface area contributed by atoms with Crippen molar-refractivity contribution in [1.82, 2.24) is 14.8 Å². The van der Waals surface area contributed by atoms with E-state index in [2.05, 4.69) is 9.72 Å². The van der Waals surface area contributed by atoms with Crippen LogP contribution in [0.1, 0.15) is 36.1 Å². The highest BCUT2D eigenvalue weighted by atomic mass is 19.4. The SMILES string of the molecule is CCOc1cc2c(cc1OC)CCN(C(=O)N1CCOCC1)C2CCc1c[nH]c2ccc(OC(F)(F)F)cc12. The molecule has 1 aromatic heterocycles. The minimum absolute atomic E-state index is 0.0393. The summed E-state index contributed by atoms with van der Waals surface area (Å²) in [5, 5.41) is 0.656. The van der Waals surface area contributed by atoms with Crippen LogP contribution in [0.4, 0.5) is 18.0 Å². The molecule has 210 valence electrons. The number of aromatic amines is 1. The first-order valence-electron chi connectivity index (χ1n) is 13.1. The van der Waals surface area contributed by atoms with Crippen molar-refractivity contribution in [2.75, 3.05) is 46.6 Å². The van der Waals surface area contributed by atoms with Crippen LogP contribution in [0.3, 0.4) is 0 Å². The Balaban J connectivity index is 1.47. The number of hydrogen-bond donors (Lipinski definition) is 1. The number of carbonyl (C=O) groups is 1. The first-order chi connectivity index (χ1) is 18.8. The van der Waals surface area contributed by atoms with E-state index < -0.39 is 6.36 Å². The van der Waals surface area contributed by atoms with Crippen molar-refractivity contribution in [2.24, 2.45) is 0 Å². The third-order valence-corrected chi connectivity index (χ3v) is 7.27. The number of fused-ring (bicyclic) bond motifs is 2. The summed E-state index contributed by atoms with van der Waals surface area (Å²) in [6, 6.07) is 7.92. The summed E-state index contributed by atoms with van der Waals surface area (Å²) < 4.78 is 59.4. The smallest absolute Gasteiger partial charge is 0.493 e. The Bertz CT molecular complexity index is 1320. The average Bonchev–Trinajstić information content (AvgIpc) is 3.32. The van der Waals surface area contributed by atoms with E-state index in [4.69, 9.17) is 14.2 Å². The van der Waals surface area contributed by atoms with Gasteiger partial charge < -0.3 is 33.7 Å². The normalized spacial score (nSPS) is 17.7. The number of amides is 2. The van der Waals surface area contributed by atoms with Gasteiger partial charge in [-0.05, 0) is 73.2 Å². The molecular formula is C28H32F3N3O5. The molecule has 8 nitrogen and oxygen atoms in total. The molecule has 2 aromatic carbocycles. The average molecular weight is 548 g/mol. The molecule has 1 unspecified atom stereocenters. The molecule has 0 spiro atoms. The number of morpholine rings is 1. The molecule has 2 amide bonds. The number of alkyl halides is 3. The summed E-state index contributed by atoms with van der Waals surface area (Å²) in [4.78, 5) is 20.5. The first kappa shape index (κ1) is 27.0. The highest BCUT2D eigenvalue weighted by Gasteiger charge is 2.35. The second-order valence-corrected chi connectivity index (χ2v) is 9.58. The van der Waals surface area contributed by atoms with Gasteiger partial charge in [0.05, 0.1) is 33.0 Å². The van der Waals surface area contributed by atoms with Crippen LogP contribution >= 0.6 is 0 Å². The lowest BCUT2D eigenvalue weighted by Gasteiger charge is -2.41. The number of carbonyl (C=O) groups excluding carboxylic acids is 1. The molecule has 1 N–H and O–H groups in total. The predicted octanol–water partition coefficient (Wildman–Crippen LogP) is 5.46. The van der Waals surface area contributed by atoms with E-state index in [1.807, 2.05) is 28.9 Å². The van der Waals surface area contributed by atoms with Crippen LogP contribution in [0.25, 0.3) is 10.9 Å². The maximum absolute atomic E-state index is 13.7. The third-order valence-electron chi connectivity index (χ3n) is 7.27. The van der Waals surface area contributed by atoms with Gasteiger partial charge in [0.1, 0.15) is 5.75 Å². The molecule has 3 aromatic rings. The molecule has 5 rings (SSSR count). The molecule has 3 heterocycles. The van der Waals surface area contributed by atoms with Gasteiger partial charge in [-0.25, -0.2) is 4.79 Å². The number of nitrogens with zero attached hydrogens (tertiary/aromatic N) is 2. The molecule has 0 radical (unpaired) electrons. The zero-order valence-electron chi connectivity index (χ0n) is 22.0. The van der Waals surface area contributed by atoms with E-state index in [1.165, 1.54) is 12.1 Å². The van der Waals surface area contributed by atoms with Crippen molar-refractivity contribution < 1.29 is 36.9 Å². The fraction of sp³-hybridized carbons (Fsp3) is 0.464. The highest BCUT2D eigenvalue weighted by Crippen LogP contribution is 2.41. The number of benzene rings is 2. The highest BCUT2D eigenvalue weighted by molar-refractivity contribution is 5.84. The number of aromatic nitrogens is 1. The molecule has 0 bridgehead atoms.